The number of hydrogen-bond donors (Lipinski definition) is 0. The zero-order valence-electron chi connectivity index (χ0n) is 10.5. The molecular weight excluding hydrogens is 224 g/mol. The molecule has 4 heteroatoms. The number of nitriles is 1. The molecule has 0 spiro atoms. The highest BCUT2D eigenvalue weighted by Crippen LogP contribution is 2.30. The number of anilines is 1. The fraction of sp³-hybridized carbons (Fsp3) is 0.571. The van der Waals surface area contributed by atoms with Crippen LogP contribution in [0.25, 0.3) is 0 Å². The molecule has 0 aromatic carbocycles. The van der Waals surface area contributed by atoms with Crippen LogP contribution < -0.4 is 4.90 Å². The molecule has 2 fully saturated rings. The first-order valence-electron chi connectivity index (χ1n) is 6.68. The minimum Gasteiger partial charge on any atom is -0.368 e. The van der Waals surface area contributed by atoms with Gasteiger partial charge < -0.3 is 4.90 Å². The summed E-state index contributed by atoms with van der Waals surface area (Å²) in [4.78, 5) is 9.07. The number of rotatable bonds is 3. The van der Waals surface area contributed by atoms with Gasteiger partial charge in [-0.25, -0.2) is 4.98 Å². The molecule has 1 aliphatic carbocycles. The lowest BCUT2D eigenvalue weighted by atomic mass is 10.2. The van der Waals surface area contributed by atoms with E-state index in [0.29, 0.717) is 5.69 Å². The summed E-state index contributed by atoms with van der Waals surface area (Å²) in [6.45, 7) is 5.73. The molecule has 0 radical (unpaired) electrons. The molecule has 0 bridgehead atoms. The summed E-state index contributed by atoms with van der Waals surface area (Å²) >= 11 is 0. The molecule has 0 amide bonds. The second-order valence-electron chi connectivity index (χ2n) is 5.24. The van der Waals surface area contributed by atoms with E-state index in [9.17, 15) is 0 Å². The van der Waals surface area contributed by atoms with Crippen molar-refractivity contribution < 1.29 is 0 Å². The molecule has 1 saturated carbocycles. The first kappa shape index (κ1) is 11.5. The van der Waals surface area contributed by atoms with Gasteiger partial charge in [-0.15, -0.1) is 0 Å². The van der Waals surface area contributed by atoms with Crippen LogP contribution in [0.1, 0.15) is 18.5 Å². The van der Waals surface area contributed by atoms with E-state index in [4.69, 9.17) is 5.26 Å². The van der Waals surface area contributed by atoms with E-state index in [-0.39, 0.29) is 0 Å². The van der Waals surface area contributed by atoms with Crippen LogP contribution in [0.5, 0.6) is 0 Å². The minimum atomic E-state index is 0.492. The van der Waals surface area contributed by atoms with Gasteiger partial charge >= 0.3 is 0 Å². The Balaban J connectivity index is 1.56. The van der Waals surface area contributed by atoms with E-state index in [2.05, 4.69) is 20.9 Å². The summed E-state index contributed by atoms with van der Waals surface area (Å²) in [5.74, 6) is 0.980. The molecule has 18 heavy (non-hydrogen) atoms. The van der Waals surface area contributed by atoms with Gasteiger partial charge in [0, 0.05) is 32.7 Å². The van der Waals surface area contributed by atoms with Gasteiger partial charge in [-0.05, 0) is 30.9 Å². The fourth-order valence-electron chi connectivity index (χ4n) is 2.49. The molecule has 1 saturated heterocycles. The number of aromatic nitrogens is 1. The number of piperazine rings is 1. The second-order valence-corrected chi connectivity index (χ2v) is 5.24. The van der Waals surface area contributed by atoms with Gasteiger partial charge in [0.2, 0.25) is 0 Å². The predicted octanol–water partition coefficient (Wildman–Crippen LogP) is 1.49. The third-order valence-corrected chi connectivity index (χ3v) is 3.81. The van der Waals surface area contributed by atoms with Gasteiger partial charge in [0.25, 0.3) is 0 Å². The molecule has 2 aliphatic rings. The van der Waals surface area contributed by atoms with E-state index < -0.39 is 0 Å². The summed E-state index contributed by atoms with van der Waals surface area (Å²) in [6.07, 6.45) is 4.68. The standard InChI is InChI=1S/C14H18N4/c15-9-13-3-4-14(10-16-13)18-7-5-17(6-8-18)11-12-1-2-12/h3-4,10,12H,1-2,5-8,11H2. The maximum Gasteiger partial charge on any atom is 0.140 e. The van der Waals surface area contributed by atoms with E-state index in [1.165, 1.54) is 19.4 Å². The summed E-state index contributed by atoms with van der Waals surface area (Å²) in [6, 6.07) is 5.85. The lowest BCUT2D eigenvalue weighted by Crippen LogP contribution is -2.47. The zero-order valence-corrected chi connectivity index (χ0v) is 10.5. The molecule has 4 nitrogen and oxygen atoms in total. The Morgan fingerprint density at radius 3 is 2.56 bits per heavy atom. The maximum absolute atomic E-state index is 8.73. The maximum atomic E-state index is 8.73. The van der Waals surface area contributed by atoms with Gasteiger partial charge in [-0.3, -0.25) is 4.90 Å². The first-order chi connectivity index (χ1) is 8.85. The fourth-order valence-corrected chi connectivity index (χ4v) is 2.49. The average Bonchev–Trinajstić information content (AvgIpc) is 3.24. The molecule has 2 heterocycles. The number of hydrogen-bond acceptors (Lipinski definition) is 4. The van der Waals surface area contributed by atoms with Crippen molar-refractivity contribution in [3.05, 3.63) is 24.0 Å². The highest BCUT2D eigenvalue weighted by atomic mass is 15.3. The van der Waals surface area contributed by atoms with Crippen molar-refractivity contribution >= 4 is 5.69 Å². The molecule has 1 aliphatic heterocycles. The van der Waals surface area contributed by atoms with Gasteiger partial charge in [0.15, 0.2) is 0 Å². The second kappa shape index (κ2) is 4.95. The normalized spacial score (nSPS) is 20.7. The van der Waals surface area contributed by atoms with Crippen LogP contribution in [-0.4, -0.2) is 42.6 Å². The van der Waals surface area contributed by atoms with Gasteiger partial charge in [-0.2, -0.15) is 5.26 Å². The highest BCUT2D eigenvalue weighted by Gasteiger charge is 2.26. The SMILES string of the molecule is N#Cc1ccc(N2CCN(CC3CC3)CC2)cn1. The summed E-state index contributed by atoms with van der Waals surface area (Å²) < 4.78 is 0. The Morgan fingerprint density at radius 1 is 1.22 bits per heavy atom. The molecule has 94 valence electrons. The highest BCUT2D eigenvalue weighted by molar-refractivity contribution is 5.46. The monoisotopic (exact) mass is 242 g/mol. The molecule has 0 atom stereocenters. The van der Waals surface area contributed by atoms with Crippen LogP contribution in [0, 0.1) is 17.2 Å². The van der Waals surface area contributed by atoms with E-state index in [1.54, 1.807) is 6.07 Å². The lowest BCUT2D eigenvalue weighted by Gasteiger charge is -2.36. The van der Waals surface area contributed by atoms with Crippen LogP contribution >= 0.6 is 0 Å². The van der Waals surface area contributed by atoms with Crippen molar-refractivity contribution in [3.8, 4) is 6.07 Å². The van der Waals surface area contributed by atoms with E-state index in [1.807, 2.05) is 12.3 Å². The van der Waals surface area contributed by atoms with Crippen molar-refractivity contribution in [1.82, 2.24) is 9.88 Å². The van der Waals surface area contributed by atoms with Gasteiger partial charge in [0.05, 0.1) is 11.9 Å². The molecule has 0 unspecified atom stereocenters. The largest absolute Gasteiger partial charge is 0.368 e. The van der Waals surface area contributed by atoms with Crippen molar-refractivity contribution in [2.45, 2.75) is 12.8 Å². The summed E-state index contributed by atoms with van der Waals surface area (Å²) in [5, 5.41) is 8.73. The average molecular weight is 242 g/mol. The molecular formula is C14H18N4. The Labute approximate surface area is 108 Å². The first-order valence-corrected chi connectivity index (χ1v) is 6.68. The Morgan fingerprint density at radius 2 is 2.00 bits per heavy atom. The van der Waals surface area contributed by atoms with Crippen molar-refractivity contribution in [1.29, 1.82) is 5.26 Å². The van der Waals surface area contributed by atoms with E-state index >= 15 is 0 Å². The van der Waals surface area contributed by atoms with Crippen LogP contribution in [-0.2, 0) is 0 Å². The van der Waals surface area contributed by atoms with Gasteiger partial charge in [-0.1, -0.05) is 0 Å². The van der Waals surface area contributed by atoms with Crippen LogP contribution in [0.15, 0.2) is 18.3 Å². The summed E-state index contributed by atoms with van der Waals surface area (Å²) in [5.41, 5.74) is 1.63. The number of pyridine rings is 1. The third kappa shape index (κ3) is 2.62. The Hall–Kier alpha value is -1.60. The molecule has 1 aromatic rings. The summed E-state index contributed by atoms with van der Waals surface area (Å²) in [7, 11) is 0. The number of nitrogens with zero attached hydrogens (tertiary/aromatic N) is 4. The van der Waals surface area contributed by atoms with Crippen LogP contribution in [0.4, 0.5) is 5.69 Å². The smallest absolute Gasteiger partial charge is 0.140 e. The Kier molecular flexibility index (Phi) is 3.16. The molecule has 1 aromatic heterocycles. The molecule has 3 rings (SSSR count). The quantitative estimate of drug-likeness (QED) is 0.805. The minimum absolute atomic E-state index is 0.492. The van der Waals surface area contributed by atoms with Gasteiger partial charge in [0.1, 0.15) is 11.8 Å². The van der Waals surface area contributed by atoms with Crippen LogP contribution in [0.2, 0.25) is 0 Å². The van der Waals surface area contributed by atoms with Crippen LogP contribution in [0.3, 0.4) is 0 Å². The topological polar surface area (TPSA) is 43.2 Å². The van der Waals surface area contributed by atoms with Crippen molar-refractivity contribution in [2.75, 3.05) is 37.6 Å². The van der Waals surface area contributed by atoms with Crippen molar-refractivity contribution in [2.24, 2.45) is 5.92 Å². The predicted molar refractivity (Wildman–Crippen MR) is 70.3 cm³/mol. The zero-order chi connectivity index (χ0) is 12.4. The lowest BCUT2D eigenvalue weighted by molar-refractivity contribution is 0.248. The van der Waals surface area contributed by atoms with Crippen molar-refractivity contribution in [3.63, 3.8) is 0 Å². The van der Waals surface area contributed by atoms with E-state index in [0.717, 1.165) is 37.8 Å². The Bertz CT molecular complexity index is 436. The third-order valence-electron chi connectivity index (χ3n) is 3.81. The molecule has 0 N–H and O–H groups in total.